The number of hydrogen-bond donors (Lipinski definition) is 1. The first-order valence-corrected chi connectivity index (χ1v) is 4.53. The Labute approximate surface area is 82.8 Å². The van der Waals surface area contributed by atoms with E-state index < -0.39 is 6.04 Å². The summed E-state index contributed by atoms with van der Waals surface area (Å²) in [5.74, 6) is -0.364. The number of carbonyl (C=O) groups excluding carboxylic acids is 1. The molecule has 5 nitrogen and oxygen atoms in total. The number of nitrogens with zero attached hydrogens (tertiary/aromatic N) is 2. The summed E-state index contributed by atoms with van der Waals surface area (Å²) < 4.78 is 6.47. The summed E-state index contributed by atoms with van der Waals surface area (Å²) in [6.07, 6.45) is 3.99. The second kappa shape index (κ2) is 4.76. The van der Waals surface area contributed by atoms with Crippen molar-refractivity contribution in [1.82, 2.24) is 9.78 Å². The fourth-order valence-electron chi connectivity index (χ4n) is 1.16. The van der Waals surface area contributed by atoms with Crippen molar-refractivity contribution < 1.29 is 9.53 Å². The third-order valence-corrected chi connectivity index (χ3v) is 1.80. The van der Waals surface area contributed by atoms with Gasteiger partial charge in [0.2, 0.25) is 0 Å². The molecule has 0 radical (unpaired) electrons. The fourth-order valence-corrected chi connectivity index (χ4v) is 1.16. The van der Waals surface area contributed by atoms with Gasteiger partial charge in [-0.3, -0.25) is 9.48 Å². The van der Waals surface area contributed by atoms with Crippen molar-refractivity contribution in [2.45, 2.75) is 19.4 Å². The zero-order chi connectivity index (χ0) is 10.6. The molecule has 0 aliphatic heterocycles. The van der Waals surface area contributed by atoms with Gasteiger partial charge in [-0.05, 0) is 12.5 Å². The summed E-state index contributed by atoms with van der Waals surface area (Å²) in [4.78, 5) is 11.2. The highest BCUT2D eigenvalue weighted by Gasteiger charge is 2.15. The van der Waals surface area contributed by atoms with Gasteiger partial charge in [-0.25, -0.2) is 0 Å². The van der Waals surface area contributed by atoms with Crippen LogP contribution in [0.3, 0.4) is 0 Å². The maximum Gasteiger partial charge on any atom is 0.323 e. The molecule has 0 aliphatic rings. The fraction of sp³-hybridized carbons (Fsp3) is 0.556. The molecule has 0 aliphatic carbocycles. The maximum absolute atomic E-state index is 11.2. The molecule has 1 heterocycles. The summed E-state index contributed by atoms with van der Waals surface area (Å²) in [5, 5.41) is 3.98. The third kappa shape index (κ3) is 2.85. The van der Waals surface area contributed by atoms with Gasteiger partial charge in [-0.1, -0.05) is 0 Å². The second-order valence-corrected chi connectivity index (χ2v) is 3.08. The van der Waals surface area contributed by atoms with Crippen molar-refractivity contribution in [2.75, 3.05) is 6.61 Å². The van der Waals surface area contributed by atoms with Crippen LogP contribution in [0, 0.1) is 0 Å². The van der Waals surface area contributed by atoms with Crippen molar-refractivity contribution in [1.29, 1.82) is 0 Å². The Kier molecular flexibility index (Phi) is 3.64. The molecular formula is C9H15N3O2. The highest BCUT2D eigenvalue weighted by molar-refractivity contribution is 5.75. The molecule has 1 aromatic rings. The number of aryl methyl sites for hydroxylation is 1. The molecule has 0 aromatic carbocycles. The molecular weight excluding hydrogens is 182 g/mol. The van der Waals surface area contributed by atoms with E-state index in [4.69, 9.17) is 10.5 Å². The zero-order valence-electron chi connectivity index (χ0n) is 8.43. The SMILES string of the molecule is CCOC(=O)C(N)Cc1cnn(C)c1. The number of carbonyl (C=O) groups is 1. The quantitative estimate of drug-likeness (QED) is 0.682. The van der Waals surface area contributed by atoms with Crippen LogP contribution >= 0.6 is 0 Å². The number of esters is 1. The number of nitrogens with two attached hydrogens (primary N) is 1. The lowest BCUT2D eigenvalue weighted by Gasteiger charge is -2.08. The number of hydrogen-bond acceptors (Lipinski definition) is 4. The lowest BCUT2D eigenvalue weighted by molar-refractivity contribution is -0.144. The largest absolute Gasteiger partial charge is 0.465 e. The molecule has 0 saturated heterocycles. The zero-order valence-corrected chi connectivity index (χ0v) is 8.43. The van der Waals surface area contributed by atoms with Gasteiger partial charge in [-0.15, -0.1) is 0 Å². The van der Waals surface area contributed by atoms with Gasteiger partial charge in [0.1, 0.15) is 6.04 Å². The maximum atomic E-state index is 11.2. The normalized spacial score (nSPS) is 12.5. The van der Waals surface area contributed by atoms with Crippen LogP contribution in [-0.2, 0) is 23.0 Å². The van der Waals surface area contributed by atoms with Gasteiger partial charge < -0.3 is 10.5 Å². The van der Waals surface area contributed by atoms with Crippen LogP contribution in [-0.4, -0.2) is 28.4 Å². The molecule has 0 amide bonds. The van der Waals surface area contributed by atoms with E-state index >= 15 is 0 Å². The third-order valence-electron chi connectivity index (χ3n) is 1.80. The van der Waals surface area contributed by atoms with E-state index in [0.29, 0.717) is 13.0 Å². The predicted molar refractivity (Wildman–Crippen MR) is 51.5 cm³/mol. The first-order chi connectivity index (χ1) is 6.63. The molecule has 5 heteroatoms. The van der Waals surface area contributed by atoms with E-state index in [9.17, 15) is 4.79 Å². The monoisotopic (exact) mass is 197 g/mol. The van der Waals surface area contributed by atoms with E-state index in [-0.39, 0.29) is 5.97 Å². The minimum atomic E-state index is -0.598. The van der Waals surface area contributed by atoms with Crippen LogP contribution in [0.2, 0.25) is 0 Å². The molecule has 1 aromatic heterocycles. The van der Waals surface area contributed by atoms with Crippen LogP contribution in [0.5, 0.6) is 0 Å². The van der Waals surface area contributed by atoms with Crippen molar-refractivity contribution >= 4 is 5.97 Å². The Balaban J connectivity index is 2.48. The van der Waals surface area contributed by atoms with Crippen LogP contribution < -0.4 is 5.73 Å². The van der Waals surface area contributed by atoms with Crippen LogP contribution in [0.4, 0.5) is 0 Å². The number of ether oxygens (including phenoxy) is 1. The Morgan fingerprint density at radius 2 is 2.50 bits per heavy atom. The average molecular weight is 197 g/mol. The molecule has 78 valence electrons. The summed E-state index contributed by atoms with van der Waals surface area (Å²) in [5.41, 5.74) is 6.57. The van der Waals surface area contributed by atoms with E-state index in [2.05, 4.69) is 5.10 Å². The van der Waals surface area contributed by atoms with Gasteiger partial charge in [-0.2, -0.15) is 5.10 Å². The summed E-state index contributed by atoms with van der Waals surface area (Å²) in [6.45, 7) is 2.12. The standard InChI is InChI=1S/C9H15N3O2/c1-3-14-9(13)8(10)4-7-5-11-12(2)6-7/h5-6,8H,3-4,10H2,1-2H3. The topological polar surface area (TPSA) is 70.1 Å². The van der Waals surface area contributed by atoms with Gasteiger partial charge in [0, 0.05) is 19.7 Å². The Morgan fingerprint density at radius 3 is 3.00 bits per heavy atom. The van der Waals surface area contributed by atoms with Gasteiger partial charge in [0.15, 0.2) is 0 Å². The van der Waals surface area contributed by atoms with E-state index in [1.54, 1.807) is 17.8 Å². The van der Waals surface area contributed by atoms with Crippen molar-refractivity contribution in [3.63, 3.8) is 0 Å². The molecule has 14 heavy (non-hydrogen) atoms. The second-order valence-electron chi connectivity index (χ2n) is 3.08. The first kappa shape index (κ1) is 10.7. The van der Waals surface area contributed by atoms with Crippen molar-refractivity contribution in [3.8, 4) is 0 Å². The number of rotatable bonds is 4. The lowest BCUT2D eigenvalue weighted by atomic mass is 10.1. The smallest absolute Gasteiger partial charge is 0.323 e. The number of aromatic nitrogens is 2. The Bertz CT molecular complexity index is 309. The minimum Gasteiger partial charge on any atom is -0.465 e. The average Bonchev–Trinajstić information content (AvgIpc) is 2.51. The van der Waals surface area contributed by atoms with Crippen molar-refractivity contribution in [3.05, 3.63) is 18.0 Å². The van der Waals surface area contributed by atoms with Gasteiger partial charge in [0.25, 0.3) is 0 Å². The molecule has 2 N–H and O–H groups in total. The first-order valence-electron chi connectivity index (χ1n) is 4.53. The molecule has 0 bridgehead atoms. The molecule has 0 saturated carbocycles. The van der Waals surface area contributed by atoms with Crippen LogP contribution in [0.25, 0.3) is 0 Å². The van der Waals surface area contributed by atoms with E-state index in [1.807, 2.05) is 13.2 Å². The predicted octanol–water partition coefficient (Wildman–Crippen LogP) is -0.147. The minimum absolute atomic E-state index is 0.361. The van der Waals surface area contributed by atoms with E-state index in [1.165, 1.54) is 0 Å². The summed E-state index contributed by atoms with van der Waals surface area (Å²) >= 11 is 0. The van der Waals surface area contributed by atoms with Gasteiger partial charge >= 0.3 is 5.97 Å². The summed E-state index contributed by atoms with van der Waals surface area (Å²) in [6, 6.07) is -0.598. The van der Waals surface area contributed by atoms with Gasteiger partial charge in [0.05, 0.1) is 12.8 Å². The molecule has 0 spiro atoms. The summed E-state index contributed by atoms with van der Waals surface area (Å²) in [7, 11) is 1.82. The van der Waals surface area contributed by atoms with Crippen molar-refractivity contribution in [2.24, 2.45) is 12.8 Å². The molecule has 1 rings (SSSR count). The lowest BCUT2D eigenvalue weighted by Crippen LogP contribution is -2.34. The van der Waals surface area contributed by atoms with E-state index in [0.717, 1.165) is 5.56 Å². The Morgan fingerprint density at radius 1 is 1.79 bits per heavy atom. The molecule has 0 fully saturated rings. The highest BCUT2D eigenvalue weighted by atomic mass is 16.5. The Hall–Kier alpha value is -1.36. The highest BCUT2D eigenvalue weighted by Crippen LogP contribution is 2.01. The van der Waals surface area contributed by atoms with Crippen LogP contribution in [0.15, 0.2) is 12.4 Å². The molecule has 1 atom stereocenters. The van der Waals surface area contributed by atoms with Crippen LogP contribution in [0.1, 0.15) is 12.5 Å². The molecule has 1 unspecified atom stereocenters.